The van der Waals surface area contributed by atoms with Gasteiger partial charge in [-0.15, -0.1) is 0 Å². The summed E-state index contributed by atoms with van der Waals surface area (Å²) in [6.45, 7) is 5.37. The van der Waals surface area contributed by atoms with E-state index in [1.807, 2.05) is 18.2 Å². The lowest BCUT2D eigenvalue weighted by Crippen LogP contribution is -2.25. The fourth-order valence-corrected chi connectivity index (χ4v) is 3.91. The third-order valence-corrected chi connectivity index (χ3v) is 5.26. The fourth-order valence-electron chi connectivity index (χ4n) is 3.50. The van der Waals surface area contributed by atoms with Crippen molar-refractivity contribution < 1.29 is 9.90 Å². The Kier molecular flexibility index (Phi) is 4.23. The summed E-state index contributed by atoms with van der Waals surface area (Å²) in [5, 5.41) is 18.6. The predicted molar refractivity (Wildman–Crippen MR) is 104 cm³/mol. The van der Waals surface area contributed by atoms with E-state index in [9.17, 15) is 9.90 Å². The number of H-pyrrole nitrogens is 1. The Morgan fingerprint density at radius 1 is 1.27 bits per heavy atom. The number of nitrogens with zero attached hydrogens (tertiary/aromatic N) is 2. The molecule has 4 rings (SSSR count). The molecule has 0 saturated carbocycles. The monoisotopic (exact) mass is 413 g/mol. The maximum absolute atomic E-state index is 13.0. The molecule has 1 aliphatic heterocycles. The summed E-state index contributed by atoms with van der Waals surface area (Å²) in [7, 11) is 0. The second-order valence-corrected chi connectivity index (χ2v) is 8.17. The summed E-state index contributed by atoms with van der Waals surface area (Å²) in [5.41, 5.74) is 4.29. The van der Waals surface area contributed by atoms with Crippen molar-refractivity contribution in [1.29, 1.82) is 0 Å². The third kappa shape index (κ3) is 2.98. The van der Waals surface area contributed by atoms with Gasteiger partial charge in [-0.25, -0.2) is 0 Å². The van der Waals surface area contributed by atoms with Crippen molar-refractivity contribution in [3.63, 3.8) is 0 Å². The first kappa shape index (κ1) is 17.1. The lowest BCUT2D eigenvalue weighted by Gasteiger charge is -2.16. The SMILES string of the molecule is CC(C)Cc1n[nH]c2cc(O)c(C(=O)N3Cc4ccc(Br)cc4C3)cc12. The first-order chi connectivity index (χ1) is 12.4. The van der Waals surface area contributed by atoms with Crippen LogP contribution in [0.25, 0.3) is 10.9 Å². The van der Waals surface area contributed by atoms with Gasteiger partial charge in [-0.3, -0.25) is 9.89 Å². The molecule has 5 nitrogen and oxygen atoms in total. The fraction of sp³-hybridized carbons (Fsp3) is 0.300. The van der Waals surface area contributed by atoms with Crippen molar-refractivity contribution in [2.45, 2.75) is 33.4 Å². The predicted octanol–water partition coefficient (Wildman–Crippen LogP) is 4.39. The first-order valence-electron chi connectivity index (χ1n) is 8.69. The number of benzene rings is 2. The molecular weight excluding hydrogens is 394 g/mol. The average molecular weight is 414 g/mol. The molecule has 0 atom stereocenters. The molecule has 0 spiro atoms. The van der Waals surface area contributed by atoms with Crippen LogP contribution in [0.15, 0.2) is 34.8 Å². The number of fused-ring (bicyclic) bond motifs is 2. The Morgan fingerprint density at radius 3 is 2.81 bits per heavy atom. The minimum Gasteiger partial charge on any atom is -0.507 e. The molecule has 134 valence electrons. The number of hydrogen-bond donors (Lipinski definition) is 2. The molecule has 6 heteroatoms. The minimum atomic E-state index is -0.159. The van der Waals surface area contributed by atoms with Gasteiger partial charge in [-0.2, -0.15) is 5.10 Å². The number of aromatic amines is 1. The summed E-state index contributed by atoms with van der Waals surface area (Å²) in [5.74, 6) is 0.286. The number of amides is 1. The highest BCUT2D eigenvalue weighted by Crippen LogP contribution is 2.31. The molecule has 1 aliphatic rings. The van der Waals surface area contributed by atoms with Crippen LogP contribution in [0.5, 0.6) is 5.75 Å². The van der Waals surface area contributed by atoms with Crippen LogP contribution in [0.3, 0.4) is 0 Å². The lowest BCUT2D eigenvalue weighted by molar-refractivity contribution is 0.0748. The molecule has 26 heavy (non-hydrogen) atoms. The zero-order valence-corrected chi connectivity index (χ0v) is 16.3. The zero-order valence-electron chi connectivity index (χ0n) is 14.7. The van der Waals surface area contributed by atoms with Crippen LogP contribution in [-0.2, 0) is 19.5 Å². The van der Waals surface area contributed by atoms with Gasteiger partial charge in [-0.05, 0) is 41.7 Å². The maximum atomic E-state index is 13.0. The highest BCUT2D eigenvalue weighted by molar-refractivity contribution is 9.10. The van der Waals surface area contributed by atoms with E-state index >= 15 is 0 Å². The molecule has 0 bridgehead atoms. The average Bonchev–Trinajstić information content (AvgIpc) is 3.16. The first-order valence-corrected chi connectivity index (χ1v) is 9.48. The summed E-state index contributed by atoms with van der Waals surface area (Å²) in [4.78, 5) is 14.8. The minimum absolute atomic E-state index is 0.0145. The summed E-state index contributed by atoms with van der Waals surface area (Å²) in [6.07, 6.45) is 0.821. The Bertz CT molecular complexity index is 1010. The Hall–Kier alpha value is -2.34. The van der Waals surface area contributed by atoms with Crippen molar-refractivity contribution in [3.8, 4) is 5.75 Å². The van der Waals surface area contributed by atoms with Gasteiger partial charge in [0.15, 0.2) is 0 Å². The highest BCUT2D eigenvalue weighted by Gasteiger charge is 2.27. The molecular formula is C20H20BrN3O2. The zero-order chi connectivity index (χ0) is 18.4. The van der Waals surface area contributed by atoms with Crippen LogP contribution < -0.4 is 0 Å². The lowest BCUT2D eigenvalue weighted by atomic mass is 10.0. The van der Waals surface area contributed by atoms with Crippen LogP contribution in [0, 0.1) is 5.92 Å². The van der Waals surface area contributed by atoms with Gasteiger partial charge >= 0.3 is 0 Å². The summed E-state index contributed by atoms with van der Waals surface area (Å²) >= 11 is 3.47. The number of phenolic OH excluding ortho intramolecular Hbond substituents is 1. The molecule has 1 amide bonds. The summed E-state index contributed by atoms with van der Waals surface area (Å²) < 4.78 is 1.01. The van der Waals surface area contributed by atoms with Crippen molar-refractivity contribution in [2.75, 3.05) is 0 Å². The topological polar surface area (TPSA) is 69.2 Å². The Balaban J connectivity index is 1.68. The van der Waals surface area contributed by atoms with Crippen molar-refractivity contribution in [2.24, 2.45) is 5.92 Å². The normalized spacial score (nSPS) is 13.6. The smallest absolute Gasteiger partial charge is 0.258 e. The van der Waals surface area contributed by atoms with E-state index in [0.29, 0.717) is 24.6 Å². The van der Waals surface area contributed by atoms with Crippen molar-refractivity contribution in [1.82, 2.24) is 15.1 Å². The molecule has 0 radical (unpaired) electrons. The molecule has 0 unspecified atom stereocenters. The molecule has 0 saturated heterocycles. The maximum Gasteiger partial charge on any atom is 0.258 e. The van der Waals surface area contributed by atoms with Crippen LogP contribution in [0.4, 0.5) is 0 Å². The van der Waals surface area contributed by atoms with Crippen LogP contribution in [0.1, 0.15) is 41.0 Å². The van der Waals surface area contributed by atoms with E-state index in [1.54, 1.807) is 17.0 Å². The molecule has 2 N–H and O–H groups in total. The quantitative estimate of drug-likeness (QED) is 0.668. The largest absolute Gasteiger partial charge is 0.507 e. The highest BCUT2D eigenvalue weighted by atomic mass is 79.9. The molecule has 0 aliphatic carbocycles. The van der Waals surface area contributed by atoms with E-state index in [4.69, 9.17) is 0 Å². The number of carbonyl (C=O) groups is 1. The number of aromatic nitrogens is 2. The number of phenols is 1. The van der Waals surface area contributed by atoms with Gasteiger partial charge in [0.05, 0.1) is 16.8 Å². The Labute approximate surface area is 160 Å². The van der Waals surface area contributed by atoms with E-state index in [1.165, 1.54) is 0 Å². The van der Waals surface area contributed by atoms with Gasteiger partial charge in [0.2, 0.25) is 0 Å². The van der Waals surface area contributed by atoms with Gasteiger partial charge in [-0.1, -0.05) is 35.8 Å². The number of aromatic hydroxyl groups is 1. The van der Waals surface area contributed by atoms with Gasteiger partial charge in [0, 0.05) is 29.0 Å². The molecule has 0 fully saturated rings. The summed E-state index contributed by atoms with van der Waals surface area (Å²) in [6, 6.07) is 9.43. The number of halogens is 1. The molecule has 2 heterocycles. The standard InChI is InChI=1S/C20H20BrN3O2/c1-11(2)5-17-15-7-16(19(25)8-18(15)23-22-17)20(26)24-9-12-3-4-14(21)6-13(12)10-24/h3-4,6-8,11,25H,5,9-10H2,1-2H3,(H,22,23). The van der Waals surface area contributed by atoms with Crippen molar-refractivity contribution >= 4 is 32.7 Å². The number of hydrogen-bond acceptors (Lipinski definition) is 3. The van der Waals surface area contributed by atoms with E-state index in [2.05, 4.69) is 40.0 Å². The van der Waals surface area contributed by atoms with E-state index in [0.717, 1.165) is 38.6 Å². The van der Waals surface area contributed by atoms with Crippen LogP contribution >= 0.6 is 15.9 Å². The number of rotatable bonds is 3. The van der Waals surface area contributed by atoms with Gasteiger partial charge in [0.25, 0.3) is 5.91 Å². The van der Waals surface area contributed by atoms with E-state index in [-0.39, 0.29) is 11.7 Å². The Morgan fingerprint density at radius 2 is 2.04 bits per heavy atom. The number of nitrogens with one attached hydrogen (secondary N) is 1. The number of carbonyl (C=O) groups excluding carboxylic acids is 1. The molecule has 3 aromatic rings. The molecule has 2 aromatic carbocycles. The third-order valence-electron chi connectivity index (χ3n) is 4.77. The van der Waals surface area contributed by atoms with Gasteiger partial charge < -0.3 is 10.0 Å². The van der Waals surface area contributed by atoms with Crippen LogP contribution in [-0.4, -0.2) is 26.1 Å². The van der Waals surface area contributed by atoms with Gasteiger partial charge in [0.1, 0.15) is 5.75 Å². The van der Waals surface area contributed by atoms with E-state index < -0.39 is 0 Å². The second-order valence-electron chi connectivity index (χ2n) is 7.26. The molecule has 1 aromatic heterocycles. The van der Waals surface area contributed by atoms with Crippen molar-refractivity contribution in [3.05, 3.63) is 57.2 Å². The second kappa shape index (κ2) is 6.43. The van der Waals surface area contributed by atoms with Crippen LogP contribution in [0.2, 0.25) is 0 Å².